The summed E-state index contributed by atoms with van der Waals surface area (Å²) in [5, 5.41) is 1.03. The predicted molar refractivity (Wildman–Crippen MR) is 86.9 cm³/mol. The summed E-state index contributed by atoms with van der Waals surface area (Å²) in [5.41, 5.74) is 3.55. The zero-order valence-electron chi connectivity index (χ0n) is 12.1. The Morgan fingerprint density at radius 2 is 1.70 bits per heavy atom. The van der Waals surface area contributed by atoms with E-state index in [0.29, 0.717) is 5.69 Å². The van der Waals surface area contributed by atoms with Gasteiger partial charge in [0.15, 0.2) is 0 Å². The van der Waals surface area contributed by atoms with Gasteiger partial charge in [-0.2, -0.15) is 0 Å². The van der Waals surface area contributed by atoms with E-state index in [1.807, 2.05) is 42.6 Å². The Hall–Kier alpha value is -3.01. The molecule has 0 unspecified atom stereocenters. The van der Waals surface area contributed by atoms with E-state index < -0.39 is 11.6 Å². The Bertz CT molecular complexity index is 1010. The second kappa shape index (κ2) is 5.32. The minimum Gasteiger partial charge on any atom is -0.361 e. The molecule has 0 atom stereocenters. The van der Waals surface area contributed by atoms with Crippen LogP contribution in [0.15, 0.2) is 67.0 Å². The van der Waals surface area contributed by atoms with Gasteiger partial charge in [0.1, 0.15) is 11.6 Å². The summed E-state index contributed by atoms with van der Waals surface area (Å²) in [6.07, 6.45) is 3.47. The minimum absolute atomic E-state index is 0.287. The number of nitrogens with one attached hydrogen (secondary N) is 1. The molecule has 23 heavy (non-hydrogen) atoms. The van der Waals surface area contributed by atoms with Crippen molar-refractivity contribution < 1.29 is 8.78 Å². The molecule has 0 radical (unpaired) electrons. The molecular formula is C19H12F2N2. The third-order valence-corrected chi connectivity index (χ3v) is 3.88. The number of nitrogens with zero attached hydrogens (tertiary/aromatic N) is 1. The number of H-pyrrole nitrogens is 1. The smallest absolute Gasteiger partial charge is 0.135 e. The van der Waals surface area contributed by atoms with Crippen molar-refractivity contribution in [2.45, 2.75) is 0 Å². The molecule has 0 amide bonds. The van der Waals surface area contributed by atoms with Crippen molar-refractivity contribution in [3.05, 3.63) is 78.6 Å². The number of aromatic nitrogens is 2. The Balaban J connectivity index is 1.99. The molecule has 2 heterocycles. The molecule has 4 heteroatoms. The lowest BCUT2D eigenvalue weighted by atomic mass is 9.96. The molecule has 1 N–H and O–H groups in total. The standard InChI is InChI=1S/C19H12F2N2/c20-12-6-7-16(17(21)11-12)19-15(4-2-9-23-19)13-3-1-5-18-14(13)8-10-22-18/h1-11,22H. The van der Waals surface area contributed by atoms with Gasteiger partial charge in [-0.25, -0.2) is 8.78 Å². The van der Waals surface area contributed by atoms with Crippen LogP contribution in [0.2, 0.25) is 0 Å². The van der Waals surface area contributed by atoms with Crippen LogP contribution in [0.5, 0.6) is 0 Å². The van der Waals surface area contributed by atoms with Crippen molar-refractivity contribution in [3.8, 4) is 22.4 Å². The van der Waals surface area contributed by atoms with Gasteiger partial charge in [-0.3, -0.25) is 4.98 Å². The molecule has 0 bridgehead atoms. The molecule has 2 aromatic heterocycles. The summed E-state index contributed by atoms with van der Waals surface area (Å²) in [6, 6.07) is 15.1. The van der Waals surface area contributed by atoms with Crippen molar-refractivity contribution in [2.24, 2.45) is 0 Å². The Kier molecular flexibility index (Phi) is 3.15. The van der Waals surface area contributed by atoms with E-state index in [1.165, 1.54) is 12.1 Å². The number of aromatic amines is 1. The maximum absolute atomic E-state index is 14.2. The van der Waals surface area contributed by atoms with E-state index in [0.717, 1.165) is 28.1 Å². The summed E-state index contributed by atoms with van der Waals surface area (Å²) in [4.78, 5) is 7.50. The van der Waals surface area contributed by atoms with Crippen LogP contribution in [0.3, 0.4) is 0 Å². The first kappa shape index (κ1) is 13.6. The van der Waals surface area contributed by atoms with Gasteiger partial charge in [0, 0.05) is 40.5 Å². The molecule has 0 aliphatic rings. The van der Waals surface area contributed by atoms with Gasteiger partial charge in [0.25, 0.3) is 0 Å². The highest BCUT2D eigenvalue weighted by molar-refractivity contribution is 5.98. The fourth-order valence-electron chi connectivity index (χ4n) is 2.84. The third kappa shape index (κ3) is 2.28. The second-order valence-corrected chi connectivity index (χ2v) is 5.27. The lowest BCUT2D eigenvalue weighted by molar-refractivity contribution is 0.585. The van der Waals surface area contributed by atoms with Crippen molar-refractivity contribution in [3.63, 3.8) is 0 Å². The number of pyridine rings is 1. The quantitative estimate of drug-likeness (QED) is 0.543. The molecule has 0 fully saturated rings. The normalized spacial score (nSPS) is 11.0. The summed E-state index contributed by atoms with van der Waals surface area (Å²) in [5.74, 6) is -1.22. The lowest BCUT2D eigenvalue weighted by Crippen LogP contribution is -1.93. The molecule has 0 saturated heterocycles. The fourth-order valence-corrected chi connectivity index (χ4v) is 2.84. The molecule has 2 aromatic carbocycles. The van der Waals surface area contributed by atoms with Gasteiger partial charge in [0.2, 0.25) is 0 Å². The Morgan fingerprint density at radius 1 is 0.826 bits per heavy atom. The van der Waals surface area contributed by atoms with Crippen LogP contribution in [-0.4, -0.2) is 9.97 Å². The van der Waals surface area contributed by atoms with Gasteiger partial charge < -0.3 is 4.98 Å². The molecule has 0 aliphatic carbocycles. The van der Waals surface area contributed by atoms with Crippen molar-refractivity contribution in [2.75, 3.05) is 0 Å². The van der Waals surface area contributed by atoms with Crippen LogP contribution in [0.25, 0.3) is 33.3 Å². The van der Waals surface area contributed by atoms with E-state index in [-0.39, 0.29) is 5.56 Å². The first-order valence-corrected chi connectivity index (χ1v) is 7.21. The molecule has 4 aromatic rings. The first-order chi connectivity index (χ1) is 11.2. The van der Waals surface area contributed by atoms with Crippen LogP contribution in [-0.2, 0) is 0 Å². The number of rotatable bonds is 2. The molecule has 0 saturated carbocycles. The van der Waals surface area contributed by atoms with Crippen LogP contribution in [0.1, 0.15) is 0 Å². The van der Waals surface area contributed by atoms with E-state index in [9.17, 15) is 8.78 Å². The topological polar surface area (TPSA) is 28.7 Å². The maximum Gasteiger partial charge on any atom is 0.135 e. The van der Waals surface area contributed by atoms with E-state index in [2.05, 4.69) is 9.97 Å². The van der Waals surface area contributed by atoms with Crippen molar-refractivity contribution >= 4 is 10.9 Å². The molecule has 4 rings (SSSR count). The number of halogens is 2. The highest BCUT2D eigenvalue weighted by Gasteiger charge is 2.15. The monoisotopic (exact) mass is 306 g/mol. The summed E-state index contributed by atoms with van der Waals surface area (Å²) in [6.45, 7) is 0. The third-order valence-electron chi connectivity index (χ3n) is 3.88. The van der Waals surface area contributed by atoms with Crippen molar-refractivity contribution in [1.82, 2.24) is 9.97 Å². The van der Waals surface area contributed by atoms with Crippen LogP contribution < -0.4 is 0 Å². The summed E-state index contributed by atoms with van der Waals surface area (Å²) >= 11 is 0. The van der Waals surface area contributed by atoms with Gasteiger partial charge in [-0.15, -0.1) is 0 Å². The predicted octanol–water partition coefficient (Wildman–Crippen LogP) is 5.18. The van der Waals surface area contributed by atoms with E-state index in [1.54, 1.807) is 6.20 Å². The number of hydrogen-bond donors (Lipinski definition) is 1. The molecule has 2 nitrogen and oxygen atoms in total. The zero-order valence-corrected chi connectivity index (χ0v) is 12.1. The SMILES string of the molecule is Fc1ccc(-c2ncccc2-c2cccc3[nH]ccc23)c(F)c1. The molecule has 0 aliphatic heterocycles. The Labute approximate surface area is 131 Å². The second-order valence-electron chi connectivity index (χ2n) is 5.27. The first-order valence-electron chi connectivity index (χ1n) is 7.21. The van der Waals surface area contributed by atoms with Crippen molar-refractivity contribution in [1.29, 1.82) is 0 Å². The van der Waals surface area contributed by atoms with Crippen LogP contribution in [0.4, 0.5) is 8.78 Å². The highest BCUT2D eigenvalue weighted by atomic mass is 19.1. The number of benzene rings is 2. The largest absolute Gasteiger partial charge is 0.361 e. The summed E-state index contributed by atoms with van der Waals surface area (Å²) in [7, 11) is 0. The van der Waals surface area contributed by atoms with E-state index in [4.69, 9.17) is 0 Å². The minimum atomic E-state index is -0.619. The fraction of sp³-hybridized carbons (Fsp3) is 0. The summed E-state index contributed by atoms with van der Waals surface area (Å²) < 4.78 is 27.4. The van der Waals surface area contributed by atoms with Gasteiger partial charge in [0.05, 0.1) is 5.69 Å². The molecule has 112 valence electrons. The average Bonchev–Trinajstić information content (AvgIpc) is 3.04. The van der Waals surface area contributed by atoms with E-state index >= 15 is 0 Å². The zero-order chi connectivity index (χ0) is 15.8. The maximum atomic E-state index is 14.2. The number of fused-ring (bicyclic) bond motifs is 1. The lowest BCUT2D eigenvalue weighted by Gasteiger charge is -2.11. The Morgan fingerprint density at radius 3 is 2.57 bits per heavy atom. The van der Waals surface area contributed by atoms with Crippen LogP contribution >= 0.6 is 0 Å². The van der Waals surface area contributed by atoms with Crippen LogP contribution in [0, 0.1) is 11.6 Å². The average molecular weight is 306 g/mol. The number of hydrogen-bond acceptors (Lipinski definition) is 1. The highest BCUT2D eigenvalue weighted by Crippen LogP contribution is 2.35. The van der Waals surface area contributed by atoms with Gasteiger partial charge >= 0.3 is 0 Å². The van der Waals surface area contributed by atoms with Gasteiger partial charge in [-0.05, 0) is 35.9 Å². The molecular weight excluding hydrogens is 294 g/mol. The molecule has 0 spiro atoms. The van der Waals surface area contributed by atoms with Gasteiger partial charge in [-0.1, -0.05) is 18.2 Å².